The Hall–Kier alpha value is -1.69. The average Bonchev–Trinajstić information content (AvgIpc) is 2.74. The van der Waals surface area contributed by atoms with E-state index in [2.05, 4.69) is 15.5 Å². The second-order valence-corrected chi connectivity index (χ2v) is 2.12. The number of aliphatic hydroxyl groups excluding tert-OH is 1. The van der Waals surface area contributed by atoms with Crippen LogP contribution in [0.4, 0.5) is 0 Å². The van der Waals surface area contributed by atoms with Crippen LogP contribution in [0.25, 0.3) is 5.88 Å². The van der Waals surface area contributed by atoms with E-state index in [0.29, 0.717) is 11.7 Å². The van der Waals surface area contributed by atoms with Gasteiger partial charge in [-0.25, -0.2) is 0 Å². The monoisotopic (exact) mass is 166 g/mol. The van der Waals surface area contributed by atoms with Gasteiger partial charge in [0.1, 0.15) is 6.61 Å². The van der Waals surface area contributed by atoms with Crippen LogP contribution in [0.15, 0.2) is 22.8 Å². The van der Waals surface area contributed by atoms with Gasteiger partial charge in [0, 0.05) is 6.07 Å². The number of aromatic nitrogens is 4. The van der Waals surface area contributed by atoms with Gasteiger partial charge in [0.25, 0.3) is 0 Å². The van der Waals surface area contributed by atoms with Crippen molar-refractivity contribution >= 4 is 0 Å². The van der Waals surface area contributed by atoms with E-state index in [1.165, 1.54) is 10.9 Å². The zero-order valence-corrected chi connectivity index (χ0v) is 6.08. The molecule has 0 aromatic carbocycles. The molecule has 62 valence electrons. The Morgan fingerprint density at radius 2 is 2.50 bits per heavy atom. The summed E-state index contributed by atoms with van der Waals surface area (Å²) in [5, 5.41) is 19.4. The molecule has 0 aliphatic carbocycles. The summed E-state index contributed by atoms with van der Waals surface area (Å²) in [4.78, 5) is 0. The third-order valence-corrected chi connectivity index (χ3v) is 1.39. The molecule has 0 aliphatic heterocycles. The molecular weight excluding hydrogens is 160 g/mol. The summed E-state index contributed by atoms with van der Waals surface area (Å²) in [5.41, 5.74) is 0. The summed E-state index contributed by atoms with van der Waals surface area (Å²) < 4.78 is 6.36. The van der Waals surface area contributed by atoms with Gasteiger partial charge in [0.15, 0.2) is 5.82 Å². The van der Waals surface area contributed by atoms with Gasteiger partial charge < -0.3 is 9.52 Å². The van der Waals surface area contributed by atoms with Gasteiger partial charge in [-0.05, 0) is 16.5 Å². The summed E-state index contributed by atoms with van der Waals surface area (Å²) in [5.74, 6) is 0.842. The Balaban J connectivity index is 2.46. The first kappa shape index (κ1) is 6.99. The third-order valence-electron chi connectivity index (χ3n) is 1.39. The second-order valence-electron chi connectivity index (χ2n) is 2.12. The van der Waals surface area contributed by atoms with E-state index in [-0.39, 0.29) is 6.61 Å². The maximum atomic E-state index is 8.80. The lowest BCUT2D eigenvalue weighted by Crippen LogP contribution is -2.01. The fourth-order valence-electron chi connectivity index (χ4n) is 0.866. The van der Waals surface area contributed by atoms with Gasteiger partial charge in [-0.1, -0.05) is 0 Å². The lowest BCUT2D eigenvalue weighted by molar-refractivity contribution is 0.266. The molecule has 6 heteroatoms. The van der Waals surface area contributed by atoms with E-state index in [1.54, 1.807) is 12.1 Å². The number of rotatable bonds is 2. The highest BCUT2D eigenvalue weighted by Gasteiger charge is 2.07. The Bertz CT molecular complexity index is 353. The standard InChI is InChI=1S/C6H6N4O2/c11-4-5-7-8-9-10(5)6-2-1-3-12-6/h1-3,11H,4H2. The molecule has 2 aromatic rings. The van der Waals surface area contributed by atoms with Crippen molar-refractivity contribution < 1.29 is 9.52 Å². The van der Waals surface area contributed by atoms with Crippen molar-refractivity contribution in [2.45, 2.75) is 6.61 Å². The van der Waals surface area contributed by atoms with Crippen LogP contribution in [0.5, 0.6) is 0 Å². The number of hydrogen-bond donors (Lipinski definition) is 1. The lowest BCUT2D eigenvalue weighted by Gasteiger charge is -1.95. The Labute approximate surface area is 67.4 Å². The van der Waals surface area contributed by atoms with Crippen LogP contribution in [0.2, 0.25) is 0 Å². The van der Waals surface area contributed by atoms with Gasteiger partial charge in [0.05, 0.1) is 6.26 Å². The first-order valence-corrected chi connectivity index (χ1v) is 3.34. The van der Waals surface area contributed by atoms with Crippen LogP contribution in [-0.2, 0) is 6.61 Å². The summed E-state index contributed by atoms with van der Waals surface area (Å²) in [7, 11) is 0. The first-order valence-electron chi connectivity index (χ1n) is 3.34. The highest BCUT2D eigenvalue weighted by atomic mass is 16.3. The quantitative estimate of drug-likeness (QED) is 0.665. The van der Waals surface area contributed by atoms with E-state index in [0.717, 1.165) is 0 Å². The molecule has 0 saturated carbocycles. The van der Waals surface area contributed by atoms with E-state index in [4.69, 9.17) is 9.52 Å². The lowest BCUT2D eigenvalue weighted by atomic mass is 10.6. The van der Waals surface area contributed by atoms with Gasteiger partial charge >= 0.3 is 0 Å². The number of aliphatic hydroxyl groups is 1. The molecule has 0 radical (unpaired) electrons. The van der Waals surface area contributed by atoms with Gasteiger partial charge in [-0.15, -0.1) is 5.10 Å². The minimum absolute atomic E-state index is 0.215. The molecular formula is C6H6N4O2. The number of nitrogens with zero attached hydrogens (tertiary/aromatic N) is 4. The van der Waals surface area contributed by atoms with Crippen LogP contribution in [0, 0.1) is 0 Å². The van der Waals surface area contributed by atoms with E-state index < -0.39 is 0 Å². The molecule has 0 fully saturated rings. The molecule has 2 rings (SSSR count). The predicted octanol–water partition coefficient (Wildman–Crippen LogP) is -0.252. The number of tetrazole rings is 1. The average molecular weight is 166 g/mol. The van der Waals surface area contributed by atoms with Crippen molar-refractivity contribution in [3.05, 3.63) is 24.2 Å². The number of furan rings is 1. The molecule has 0 amide bonds. The summed E-state index contributed by atoms with van der Waals surface area (Å²) >= 11 is 0. The maximum absolute atomic E-state index is 8.80. The van der Waals surface area contributed by atoms with E-state index in [1.807, 2.05) is 0 Å². The van der Waals surface area contributed by atoms with Crippen molar-refractivity contribution in [1.29, 1.82) is 0 Å². The second kappa shape index (κ2) is 2.74. The van der Waals surface area contributed by atoms with Crippen molar-refractivity contribution in [3.63, 3.8) is 0 Å². The molecule has 0 atom stereocenters. The number of hydrogen-bond acceptors (Lipinski definition) is 5. The summed E-state index contributed by atoms with van der Waals surface area (Å²) in [6.07, 6.45) is 1.51. The molecule has 1 N–H and O–H groups in total. The topological polar surface area (TPSA) is 77.0 Å². The molecule has 6 nitrogen and oxygen atoms in total. The molecule has 12 heavy (non-hydrogen) atoms. The van der Waals surface area contributed by atoms with Crippen LogP contribution in [0.1, 0.15) is 5.82 Å². The highest BCUT2D eigenvalue weighted by Crippen LogP contribution is 2.07. The largest absolute Gasteiger partial charge is 0.447 e. The predicted molar refractivity (Wildman–Crippen MR) is 37.3 cm³/mol. The van der Waals surface area contributed by atoms with Gasteiger partial charge in [-0.2, -0.15) is 4.68 Å². The SMILES string of the molecule is OCc1nnnn1-c1ccco1. The Kier molecular flexibility index (Phi) is 1.60. The van der Waals surface area contributed by atoms with Crippen molar-refractivity contribution in [1.82, 2.24) is 20.2 Å². The van der Waals surface area contributed by atoms with E-state index in [9.17, 15) is 0 Å². The molecule has 0 saturated heterocycles. The molecule has 0 unspecified atom stereocenters. The molecule has 2 heterocycles. The Morgan fingerprint density at radius 1 is 1.58 bits per heavy atom. The zero-order chi connectivity index (χ0) is 8.39. The molecule has 0 spiro atoms. The minimum atomic E-state index is -0.215. The van der Waals surface area contributed by atoms with Crippen LogP contribution >= 0.6 is 0 Å². The maximum Gasteiger partial charge on any atom is 0.222 e. The fraction of sp³-hybridized carbons (Fsp3) is 0.167. The van der Waals surface area contributed by atoms with Gasteiger partial charge in [-0.3, -0.25) is 0 Å². The van der Waals surface area contributed by atoms with Crippen LogP contribution in [-0.4, -0.2) is 25.3 Å². The van der Waals surface area contributed by atoms with Crippen LogP contribution < -0.4 is 0 Å². The molecule has 0 aliphatic rings. The van der Waals surface area contributed by atoms with Crippen molar-refractivity contribution in [3.8, 4) is 5.88 Å². The van der Waals surface area contributed by atoms with Crippen LogP contribution in [0.3, 0.4) is 0 Å². The molecule has 0 bridgehead atoms. The van der Waals surface area contributed by atoms with Gasteiger partial charge in [0.2, 0.25) is 5.88 Å². The summed E-state index contributed by atoms with van der Waals surface area (Å²) in [6.45, 7) is -0.215. The fourth-order valence-corrected chi connectivity index (χ4v) is 0.866. The summed E-state index contributed by atoms with van der Waals surface area (Å²) in [6, 6.07) is 3.42. The normalized spacial score (nSPS) is 10.4. The minimum Gasteiger partial charge on any atom is -0.447 e. The first-order chi connectivity index (χ1) is 5.92. The Morgan fingerprint density at radius 3 is 3.17 bits per heavy atom. The molecule has 2 aromatic heterocycles. The van der Waals surface area contributed by atoms with E-state index >= 15 is 0 Å². The zero-order valence-electron chi connectivity index (χ0n) is 6.08. The third kappa shape index (κ3) is 0.978. The smallest absolute Gasteiger partial charge is 0.222 e. The van der Waals surface area contributed by atoms with Crippen molar-refractivity contribution in [2.75, 3.05) is 0 Å². The highest BCUT2D eigenvalue weighted by molar-refractivity contribution is 5.16. The van der Waals surface area contributed by atoms with Crippen molar-refractivity contribution in [2.24, 2.45) is 0 Å².